The second kappa shape index (κ2) is 13.3. The summed E-state index contributed by atoms with van der Waals surface area (Å²) in [5.74, 6) is 0. The van der Waals surface area contributed by atoms with Crippen molar-refractivity contribution in [2.24, 2.45) is 0 Å². The molecule has 0 radical (unpaired) electrons. The second-order valence-corrected chi connectivity index (χ2v) is 12.9. The molecule has 240 valence electrons. The number of rotatable bonds is 7. The van der Waals surface area contributed by atoms with Crippen LogP contribution >= 0.6 is 0 Å². The summed E-state index contributed by atoms with van der Waals surface area (Å²) < 4.78 is 0. The number of hydrogen-bond donors (Lipinski definition) is 0. The molecule has 0 aliphatic carbocycles. The molecule has 0 aliphatic heterocycles. The minimum atomic E-state index is 1.11. The van der Waals surface area contributed by atoms with Gasteiger partial charge in [-0.1, -0.05) is 188 Å². The van der Waals surface area contributed by atoms with Crippen molar-refractivity contribution < 1.29 is 0 Å². The molecular formula is C50H35N. The van der Waals surface area contributed by atoms with Crippen LogP contribution in [0.15, 0.2) is 212 Å². The molecule has 0 spiro atoms. The van der Waals surface area contributed by atoms with E-state index in [4.69, 9.17) is 0 Å². The van der Waals surface area contributed by atoms with Crippen molar-refractivity contribution in [2.75, 3.05) is 4.90 Å². The summed E-state index contributed by atoms with van der Waals surface area (Å²) in [5.41, 5.74) is 13.0. The standard InChI is InChI=1S/C50H35N/c1-4-17-36(18-5-1)40-21-16-24-42(35-40)51(41-22-8-3-9-23-41)50-48-30-15-13-28-46(48)45-27-12-14-29-47(45)49(50)39-33-31-38(32-34-39)44-26-11-10-25-43(44)37-19-6-2-7-20-37/h1-35H. The highest BCUT2D eigenvalue weighted by molar-refractivity contribution is 6.22. The summed E-state index contributed by atoms with van der Waals surface area (Å²) in [6.07, 6.45) is 0. The van der Waals surface area contributed by atoms with Gasteiger partial charge in [-0.05, 0) is 79.4 Å². The molecule has 0 heterocycles. The Labute approximate surface area is 299 Å². The summed E-state index contributed by atoms with van der Waals surface area (Å²) in [5, 5.41) is 4.92. The number of para-hydroxylation sites is 1. The van der Waals surface area contributed by atoms with Crippen LogP contribution in [0.4, 0.5) is 17.1 Å². The minimum Gasteiger partial charge on any atom is -0.309 e. The van der Waals surface area contributed by atoms with Gasteiger partial charge in [-0.2, -0.15) is 0 Å². The maximum atomic E-state index is 2.45. The molecule has 0 saturated carbocycles. The van der Waals surface area contributed by atoms with E-state index in [1.54, 1.807) is 0 Å². The van der Waals surface area contributed by atoms with Gasteiger partial charge in [0.15, 0.2) is 0 Å². The molecule has 0 aromatic heterocycles. The first kappa shape index (κ1) is 30.4. The van der Waals surface area contributed by atoms with Gasteiger partial charge in [-0.15, -0.1) is 0 Å². The Balaban J connectivity index is 1.30. The maximum absolute atomic E-state index is 2.45. The predicted octanol–water partition coefficient (Wildman–Crippen LogP) is 14.1. The highest BCUT2D eigenvalue weighted by Crippen LogP contribution is 2.50. The van der Waals surface area contributed by atoms with Crippen LogP contribution in [0.25, 0.3) is 66.1 Å². The molecule has 1 heteroatoms. The van der Waals surface area contributed by atoms with Crippen LogP contribution in [0.2, 0.25) is 0 Å². The third-order valence-electron chi connectivity index (χ3n) is 9.85. The smallest absolute Gasteiger partial charge is 0.0624 e. The number of nitrogens with zero attached hydrogens (tertiary/aromatic N) is 1. The van der Waals surface area contributed by atoms with Gasteiger partial charge in [0.05, 0.1) is 5.69 Å². The van der Waals surface area contributed by atoms with Crippen molar-refractivity contribution in [3.8, 4) is 44.5 Å². The monoisotopic (exact) mass is 649 g/mol. The highest BCUT2D eigenvalue weighted by atomic mass is 15.1. The minimum absolute atomic E-state index is 1.11. The first-order chi connectivity index (χ1) is 25.3. The quantitative estimate of drug-likeness (QED) is 0.155. The fraction of sp³-hybridized carbons (Fsp3) is 0. The van der Waals surface area contributed by atoms with E-state index in [-0.39, 0.29) is 0 Å². The molecule has 0 amide bonds. The average Bonchev–Trinajstić information content (AvgIpc) is 3.22. The van der Waals surface area contributed by atoms with Gasteiger partial charge in [0.2, 0.25) is 0 Å². The van der Waals surface area contributed by atoms with Crippen LogP contribution < -0.4 is 4.90 Å². The third kappa shape index (κ3) is 5.65. The Morgan fingerprint density at radius 2 is 0.686 bits per heavy atom. The molecule has 0 fully saturated rings. The summed E-state index contributed by atoms with van der Waals surface area (Å²) in [6.45, 7) is 0. The Morgan fingerprint density at radius 3 is 1.33 bits per heavy atom. The van der Waals surface area contributed by atoms with E-state index in [2.05, 4.69) is 217 Å². The van der Waals surface area contributed by atoms with Crippen molar-refractivity contribution in [1.82, 2.24) is 0 Å². The molecule has 9 aromatic rings. The summed E-state index contributed by atoms with van der Waals surface area (Å²) in [6, 6.07) is 76.6. The van der Waals surface area contributed by atoms with E-state index in [1.807, 2.05) is 0 Å². The van der Waals surface area contributed by atoms with Gasteiger partial charge in [0.1, 0.15) is 0 Å². The number of hydrogen-bond acceptors (Lipinski definition) is 1. The molecule has 51 heavy (non-hydrogen) atoms. The predicted molar refractivity (Wildman–Crippen MR) is 218 cm³/mol. The van der Waals surface area contributed by atoms with Crippen LogP contribution in [0.1, 0.15) is 0 Å². The molecule has 9 rings (SSSR count). The van der Waals surface area contributed by atoms with E-state index < -0.39 is 0 Å². The second-order valence-electron chi connectivity index (χ2n) is 12.9. The fourth-order valence-corrected chi connectivity index (χ4v) is 7.51. The van der Waals surface area contributed by atoms with Crippen LogP contribution in [-0.4, -0.2) is 0 Å². The van der Waals surface area contributed by atoms with E-state index in [1.165, 1.54) is 66.1 Å². The molecule has 0 aliphatic rings. The van der Waals surface area contributed by atoms with Gasteiger partial charge in [-0.25, -0.2) is 0 Å². The average molecular weight is 650 g/mol. The Kier molecular flexibility index (Phi) is 7.92. The zero-order valence-corrected chi connectivity index (χ0v) is 28.2. The number of benzene rings is 9. The fourth-order valence-electron chi connectivity index (χ4n) is 7.51. The summed E-state index contributed by atoms with van der Waals surface area (Å²) >= 11 is 0. The normalized spacial score (nSPS) is 11.1. The zero-order chi connectivity index (χ0) is 34.0. The number of anilines is 3. The van der Waals surface area contributed by atoms with E-state index in [0.29, 0.717) is 0 Å². The molecule has 0 atom stereocenters. The first-order valence-electron chi connectivity index (χ1n) is 17.5. The molecular weight excluding hydrogens is 615 g/mol. The van der Waals surface area contributed by atoms with Gasteiger partial charge < -0.3 is 4.90 Å². The molecule has 0 unspecified atom stereocenters. The Hall–Kier alpha value is -6.70. The van der Waals surface area contributed by atoms with Crippen LogP contribution in [0, 0.1) is 0 Å². The van der Waals surface area contributed by atoms with Crippen LogP contribution in [0.5, 0.6) is 0 Å². The van der Waals surface area contributed by atoms with Crippen molar-refractivity contribution >= 4 is 38.6 Å². The van der Waals surface area contributed by atoms with Gasteiger partial charge in [0.25, 0.3) is 0 Å². The lowest BCUT2D eigenvalue weighted by atomic mass is 9.88. The molecule has 1 nitrogen and oxygen atoms in total. The Morgan fingerprint density at radius 1 is 0.255 bits per heavy atom. The summed E-state index contributed by atoms with van der Waals surface area (Å²) in [4.78, 5) is 2.45. The van der Waals surface area contributed by atoms with Crippen LogP contribution in [0.3, 0.4) is 0 Å². The molecule has 0 N–H and O–H groups in total. The Bertz CT molecular complexity index is 2610. The SMILES string of the molecule is c1ccc(-c2cccc(N(c3ccccc3)c3c(-c4ccc(-c5ccccc5-c5ccccc5)cc4)c4ccccc4c4ccccc34)c2)cc1. The molecule has 0 bridgehead atoms. The largest absolute Gasteiger partial charge is 0.309 e. The van der Waals surface area contributed by atoms with Gasteiger partial charge in [-0.3, -0.25) is 0 Å². The van der Waals surface area contributed by atoms with Crippen molar-refractivity contribution in [3.63, 3.8) is 0 Å². The highest BCUT2D eigenvalue weighted by Gasteiger charge is 2.24. The third-order valence-corrected chi connectivity index (χ3v) is 9.85. The first-order valence-corrected chi connectivity index (χ1v) is 17.5. The lowest BCUT2D eigenvalue weighted by molar-refractivity contribution is 1.30. The summed E-state index contributed by atoms with van der Waals surface area (Å²) in [7, 11) is 0. The van der Waals surface area contributed by atoms with Gasteiger partial charge >= 0.3 is 0 Å². The van der Waals surface area contributed by atoms with Crippen molar-refractivity contribution in [1.29, 1.82) is 0 Å². The number of fused-ring (bicyclic) bond motifs is 3. The maximum Gasteiger partial charge on any atom is 0.0624 e. The molecule has 0 saturated heterocycles. The van der Waals surface area contributed by atoms with Crippen molar-refractivity contribution in [2.45, 2.75) is 0 Å². The zero-order valence-electron chi connectivity index (χ0n) is 28.2. The molecule has 9 aromatic carbocycles. The van der Waals surface area contributed by atoms with Crippen molar-refractivity contribution in [3.05, 3.63) is 212 Å². The van der Waals surface area contributed by atoms with E-state index in [0.717, 1.165) is 17.1 Å². The van der Waals surface area contributed by atoms with Crippen LogP contribution in [-0.2, 0) is 0 Å². The van der Waals surface area contributed by atoms with E-state index in [9.17, 15) is 0 Å². The van der Waals surface area contributed by atoms with Gasteiger partial charge in [0, 0.05) is 22.3 Å². The lowest BCUT2D eigenvalue weighted by Gasteiger charge is -2.31. The lowest BCUT2D eigenvalue weighted by Crippen LogP contribution is -2.12. The van der Waals surface area contributed by atoms with E-state index >= 15 is 0 Å². The topological polar surface area (TPSA) is 3.24 Å².